The summed E-state index contributed by atoms with van der Waals surface area (Å²) in [5, 5.41) is 0. The third-order valence-electron chi connectivity index (χ3n) is 1.93. The number of ether oxygens (including phenoxy) is 1. The average molecular weight is 161 g/mol. The lowest BCUT2D eigenvalue weighted by molar-refractivity contribution is 0.182. The zero-order valence-corrected chi connectivity index (χ0v) is 7.19. The number of hydrogen-bond acceptors (Lipinski definition) is 3. The van der Waals surface area contributed by atoms with Gasteiger partial charge in [0.2, 0.25) is 0 Å². The van der Waals surface area contributed by atoms with Gasteiger partial charge in [-0.3, -0.25) is 0 Å². The quantitative estimate of drug-likeness (QED) is 0.662. The van der Waals surface area contributed by atoms with Crippen LogP contribution in [0.25, 0.3) is 0 Å². The van der Waals surface area contributed by atoms with Gasteiger partial charge < -0.3 is 10.5 Å². The molecule has 0 spiro atoms. The molecule has 0 radical (unpaired) electrons. The van der Waals surface area contributed by atoms with Gasteiger partial charge in [-0.05, 0) is 12.7 Å². The number of hydrogen-bond donors (Lipinski definition) is 1. The Bertz CT molecular complexity index is 93.6. The summed E-state index contributed by atoms with van der Waals surface area (Å²) >= 11 is 1.82. The van der Waals surface area contributed by atoms with Gasteiger partial charge in [-0.25, -0.2) is 0 Å². The van der Waals surface area contributed by atoms with Crippen molar-refractivity contribution in [1.82, 2.24) is 0 Å². The maximum atomic E-state index is 5.89. The summed E-state index contributed by atoms with van der Waals surface area (Å²) in [6, 6.07) is 0.345. The predicted octanol–water partition coefficient (Wildman–Crippen LogP) is 0.713. The van der Waals surface area contributed by atoms with Crippen molar-refractivity contribution in [3.63, 3.8) is 0 Å². The predicted molar refractivity (Wildman–Crippen MR) is 45.3 cm³/mol. The van der Waals surface area contributed by atoms with Crippen molar-refractivity contribution in [2.45, 2.75) is 12.5 Å². The summed E-state index contributed by atoms with van der Waals surface area (Å²) in [6.45, 7) is 1.79. The lowest BCUT2D eigenvalue weighted by Gasteiger charge is -2.15. The fourth-order valence-corrected chi connectivity index (χ4v) is 1.88. The Morgan fingerprint density at radius 3 is 3.10 bits per heavy atom. The van der Waals surface area contributed by atoms with Gasteiger partial charge in [0.05, 0.1) is 6.61 Å². The summed E-state index contributed by atoms with van der Waals surface area (Å²) in [6.07, 6.45) is 3.25. The smallest absolute Gasteiger partial charge is 0.0510 e. The first kappa shape index (κ1) is 8.37. The van der Waals surface area contributed by atoms with Gasteiger partial charge in [-0.1, -0.05) is 0 Å². The molecule has 1 heterocycles. The van der Waals surface area contributed by atoms with E-state index in [1.54, 1.807) is 0 Å². The molecular weight excluding hydrogens is 146 g/mol. The molecule has 0 aromatic heterocycles. The van der Waals surface area contributed by atoms with Crippen LogP contribution < -0.4 is 5.73 Å². The largest absolute Gasteiger partial charge is 0.381 e. The molecule has 2 nitrogen and oxygen atoms in total. The van der Waals surface area contributed by atoms with Crippen molar-refractivity contribution < 1.29 is 4.74 Å². The molecule has 1 aliphatic rings. The van der Waals surface area contributed by atoms with Gasteiger partial charge in [0.1, 0.15) is 0 Å². The van der Waals surface area contributed by atoms with E-state index in [1.165, 1.54) is 0 Å². The Labute approximate surface area is 66.5 Å². The maximum Gasteiger partial charge on any atom is 0.0510 e. The highest BCUT2D eigenvalue weighted by molar-refractivity contribution is 7.98. The minimum atomic E-state index is 0.345. The first-order chi connectivity index (χ1) is 4.84. The van der Waals surface area contributed by atoms with Crippen LogP contribution in [-0.2, 0) is 4.74 Å². The van der Waals surface area contributed by atoms with Gasteiger partial charge in [-0.15, -0.1) is 0 Å². The first-order valence-corrected chi connectivity index (χ1v) is 5.06. The number of rotatable bonds is 3. The van der Waals surface area contributed by atoms with Crippen LogP contribution in [0.3, 0.4) is 0 Å². The van der Waals surface area contributed by atoms with Crippen molar-refractivity contribution in [1.29, 1.82) is 0 Å². The zero-order valence-electron chi connectivity index (χ0n) is 6.38. The van der Waals surface area contributed by atoms with E-state index in [0.717, 1.165) is 25.4 Å². The van der Waals surface area contributed by atoms with E-state index in [-0.39, 0.29) is 0 Å². The Kier molecular flexibility index (Phi) is 3.52. The van der Waals surface area contributed by atoms with Crippen molar-refractivity contribution in [2.24, 2.45) is 11.7 Å². The van der Waals surface area contributed by atoms with Crippen LogP contribution in [0, 0.1) is 5.92 Å². The highest BCUT2D eigenvalue weighted by atomic mass is 32.2. The second kappa shape index (κ2) is 4.21. The Morgan fingerprint density at radius 2 is 2.60 bits per heavy atom. The second-order valence-corrected chi connectivity index (χ2v) is 3.65. The summed E-state index contributed by atoms with van der Waals surface area (Å²) in [4.78, 5) is 0. The third kappa shape index (κ3) is 2.15. The maximum absolute atomic E-state index is 5.89. The molecule has 1 saturated heterocycles. The van der Waals surface area contributed by atoms with Crippen LogP contribution in [0.5, 0.6) is 0 Å². The topological polar surface area (TPSA) is 35.2 Å². The molecule has 0 saturated carbocycles. The van der Waals surface area contributed by atoms with E-state index in [2.05, 4.69) is 6.26 Å². The summed E-state index contributed by atoms with van der Waals surface area (Å²) in [7, 11) is 0. The standard InChI is InChI=1S/C7H15NOS/c1-10-5-7(8)6-2-3-9-4-6/h6-7H,2-5,8H2,1H3. The van der Waals surface area contributed by atoms with Gasteiger partial charge >= 0.3 is 0 Å². The van der Waals surface area contributed by atoms with Crippen LogP contribution in [0.4, 0.5) is 0 Å². The van der Waals surface area contributed by atoms with Gasteiger partial charge in [-0.2, -0.15) is 11.8 Å². The summed E-state index contributed by atoms with van der Waals surface area (Å²) in [5.74, 6) is 1.68. The molecule has 2 N–H and O–H groups in total. The zero-order chi connectivity index (χ0) is 7.40. The van der Waals surface area contributed by atoms with E-state index < -0.39 is 0 Å². The molecule has 0 aromatic rings. The molecule has 3 heteroatoms. The molecule has 2 unspecified atom stereocenters. The molecular formula is C7H15NOS. The van der Waals surface area contributed by atoms with Gasteiger partial charge in [0.15, 0.2) is 0 Å². The monoisotopic (exact) mass is 161 g/mol. The second-order valence-electron chi connectivity index (χ2n) is 2.74. The summed E-state index contributed by atoms with van der Waals surface area (Å²) < 4.78 is 5.24. The van der Waals surface area contributed by atoms with Crippen LogP contribution >= 0.6 is 11.8 Å². The third-order valence-corrected chi connectivity index (χ3v) is 2.65. The van der Waals surface area contributed by atoms with Crippen LogP contribution in [0.1, 0.15) is 6.42 Å². The SMILES string of the molecule is CSCC(N)C1CCOC1. The van der Waals surface area contributed by atoms with E-state index >= 15 is 0 Å². The molecule has 2 atom stereocenters. The van der Waals surface area contributed by atoms with Crippen LogP contribution in [0.15, 0.2) is 0 Å². The van der Waals surface area contributed by atoms with Crippen molar-refractivity contribution in [3.05, 3.63) is 0 Å². The van der Waals surface area contributed by atoms with E-state index in [0.29, 0.717) is 12.0 Å². The van der Waals surface area contributed by atoms with E-state index in [4.69, 9.17) is 10.5 Å². The highest BCUT2D eigenvalue weighted by Crippen LogP contribution is 2.17. The molecule has 0 aromatic carbocycles. The Balaban J connectivity index is 2.18. The lowest BCUT2D eigenvalue weighted by Crippen LogP contribution is -2.32. The minimum absolute atomic E-state index is 0.345. The lowest BCUT2D eigenvalue weighted by atomic mass is 10.0. The molecule has 0 amide bonds. The highest BCUT2D eigenvalue weighted by Gasteiger charge is 2.21. The van der Waals surface area contributed by atoms with Crippen LogP contribution in [-0.4, -0.2) is 31.3 Å². The first-order valence-electron chi connectivity index (χ1n) is 3.67. The van der Waals surface area contributed by atoms with Gasteiger partial charge in [0, 0.05) is 24.3 Å². The van der Waals surface area contributed by atoms with E-state index in [1.807, 2.05) is 11.8 Å². The van der Waals surface area contributed by atoms with Crippen LogP contribution in [0.2, 0.25) is 0 Å². The molecule has 0 bridgehead atoms. The van der Waals surface area contributed by atoms with Gasteiger partial charge in [0.25, 0.3) is 0 Å². The molecule has 10 heavy (non-hydrogen) atoms. The fourth-order valence-electron chi connectivity index (χ4n) is 1.22. The van der Waals surface area contributed by atoms with E-state index in [9.17, 15) is 0 Å². The van der Waals surface area contributed by atoms with Crippen molar-refractivity contribution >= 4 is 11.8 Å². The average Bonchev–Trinajstić information content (AvgIpc) is 2.38. The van der Waals surface area contributed by atoms with Crippen molar-refractivity contribution in [3.8, 4) is 0 Å². The molecule has 60 valence electrons. The molecule has 1 fully saturated rings. The molecule has 0 aliphatic carbocycles. The number of nitrogens with two attached hydrogens (primary N) is 1. The minimum Gasteiger partial charge on any atom is -0.381 e. The van der Waals surface area contributed by atoms with Crippen molar-refractivity contribution in [2.75, 3.05) is 25.2 Å². The Hall–Kier alpha value is 0.270. The summed E-state index contributed by atoms with van der Waals surface area (Å²) in [5.41, 5.74) is 5.89. The molecule has 1 aliphatic heterocycles. The number of thioether (sulfide) groups is 1. The molecule has 1 rings (SSSR count). The normalized spacial score (nSPS) is 28.8. The fraction of sp³-hybridized carbons (Fsp3) is 1.00. The Morgan fingerprint density at radius 1 is 1.80 bits per heavy atom.